The molecule has 1 aromatic heterocycles. The smallest absolute Gasteiger partial charge is 0.225 e. The molecule has 0 radical (unpaired) electrons. The van der Waals surface area contributed by atoms with Crippen LogP contribution in [0.4, 0.5) is 4.39 Å². The number of rotatable bonds is 3. The van der Waals surface area contributed by atoms with Gasteiger partial charge in [0.05, 0.1) is 6.54 Å². The van der Waals surface area contributed by atoms with Gasteiger partial charge in [0, 0.05) is 5.92 Å². The summed E-state index contributed by atoms with van der Waals surface area (Å²) in [5, 5.41) is 8.19. The van der Waals surface area contributed by atoms with Gasteiger partial charge in [-0.1, -0.05) is 26.0 Å². The van der Waals surface area contributed by atoms with Gasteiger partial charge in [-0.3, -0.25) is 4.57 Å². The van der Waals surface area contributed by atoms with E-state index >= 15 is 0 Å². The molecule has 0 aliphatic carbocycles. The van der Waals surface area contributed by atoms with Crippen LogP contribution in [0.3, 0.4) is 0 Å². The Kier molecular flexibility index (Phi) is 3.43. The normalized spacial score (nSPS) is 11.1. The molecule has 0 N–H and O–H groups in total. The fourth-order valence-corrected chi connectivity index (χ4v) is 1.87. The monoisotopic (exact) mass is 253 g/mol. The number of hydrogen-bond donors (Lipinski definition) is 0. The van der Waals surface area contributed by atoms with Gasteiger partial charge >= 0.3 is 0 Å². The first-order valence-electron chi connectivity index (χ1n) is 5.41. The van der Waals surface area contributed by atoms with Gasteiger partial charge in [-0.25, -0.2) is 4.39 Å². The van der Waals surface area contributed by atoms with Crippen molar-refractivity contribution in [1.29, 1.82) is 0 Å². The van der Waals surface area contributed by atoms with Crippen LogP contribution in [0.15, 0.2) is 24.3 Å². The Bertz CT molecular complexity index is 522. The molecule has 1 heterocycles. The molecule has 2 rings (SSSR count). The summed E-state index contributed by atoms with van der Waals surface area (Å²) < 4.78 is 14.9. The van der Waals surface area contributed by atoms with Crippen molar-refractivity contribution in [2.45, 2.75) is 26.3 Å². The van der Waals surface area contributed by atoms with Crippen molar-refractivity contribution in [1.82, 2.24) is 14.8 Å². The highest BCUT2D eigenvalue weighted by Gasteiger charge is 2.13. The molecule has 0 amide bonds. The lowest BCUT2D eigenvalue weighted by atomic mass is 10.2. The maximum Gasteiger partial charge on any atom is 0.225 e. The van der Waals surface area contributed by atoms with Crippen LogP contribution in [0.1, 0.15) is 31.2 Å². The summed E-state index contributed by atoms with van der Waals surface area (Å²) in [7, 11) is 0. The number of aromatic nitrogens is 3. The zero-order valence-electron chi connectivity index (χ0n) is 9.69. The van der Waals surface area contributed by atoms with Crippen LogP contribution in [0, 0.1) is 5.82 Å². The van der Waals surface area contributed by atoms with E-state index in [2.05, 4.69) is 10.2 Å². The Balaban J connectivity index is 2.32. The van der Waals surface area contributed by atoms with Crippen molar-refractivity contribution >= 4 is 11.6 Å². The fraction of sp³-hybridized carbons (Fsp3) is 0.333. The van der Waals surface area contributed by atoms with Gasteiger partial charge < -0.3 is 0 Å². The molecule has 0 saturated carbocycles. The molecule has 1 aromatic carbocycles. The van der Waals surface area contributed by atoms with Gasteiger partial charge in [0.25, 0.3) is 0 Å². The van der Waals surface area contributed by atoms with Gasteiger partial charge in [0.2, 0.25) is 5.28 Å². The third kappa shape index (κ3) is 2.64. The summed E-state index contributed by atoms with van der Waals surface area (Å²) in [5.74, 6) is 0.778. The van der Waals surface area contributed by atoms with Crippen molar-refractivity contribution in [2.75, 3.05) is 0 Å². The molecule has 0 atom stereocenters. The second-order valence-corrected chi connectivity index (χ2v) is 4.54. The third-order valence-electron chi connectivity index (χ3n) is 2.48. The molecule has 90 valence electrons. The summed E-state index contributed by atoms with van der Waals surface area (Å²) in [6.07, 6.45) is 0. The maximum atomic E-state index is 13.1. The lowest BCUT2D eigenvalue weighted by Gasteiger charge is -2.09. The summed E-state index contributed by atoms with van der Waals surface area (Å²) in [4.78, 5) is 0. The van der Waals surface area contributed by atoms with Crippen LogP contribution in [0.5, 0.6) is 0 Å². The summed E-state index contributed by atoms with van der Waals surface area (Å²) >= 11 is 5.97. The molecule has 0 aliphatic heterocycles. The quantitative estimate of drug-likeness (QED) is 0.841. The van der Waals surface area contributed by atoms with Crippen LogP contribution in [-0.2, 0) is 6.54 Å². The van der Waals surface area contributed by atoms with Crippen LogP contribution in [0.2, 0.25) is 5.28 Å². The first-order chi connectivity index (χ1) is 8.08. The van der Waals surface area contributed by atoms with E-state index in [1.54, 1.807) is 10.6 Å². The molecule has 0 bridgehead atoms. The molecular formula is C12H13ClFN3. The van der Waals surface area contributed by atoms with Crippen LogP contribution in [-0.4, -0.2) is 14.8 Å². The second-order valence-electron chi connectivity index (χ2n) is 4.20. The largest absolute Gasteiger partial charge is 0.297 e. The highest BCUT2D eigenvalue weighted by molar-refractivity contribution is 6.28. The van der Waals surface area contributed by atoms with E-state index in [1.807, 2.05) is 19.9 Å². The third-order valence-corrected chi connectivity index (χ3v) is 2.76. The summed E-state index contributed by atoms with van der Waals surface area (Å²) in [5.41, 5.74) is 0.841. The van der Waals surface area contributed by atoms with E-state index in [-0.39, 0.29) is 11.7 Å². The minimum atomic E-state index is -0.252. The van der Waals surface area contributed by atoms with Crippen LogP contribution < -0.4 is 0 Å². The Hall–Kier alpha value is -1.42. The maximum absolute atomic E-state index is 13.1. The Morgan fingerprint density at radius 3 is 2.76 bits per heavy atom. The molecule has 0 unspecified atom stereocenters. The lowest BCUT2D eigenvalue weighted by molar-refractivity contribution is 0.620. The van der Waals surface area contributed by atoms with E-state index in [9.17, 15) is 4.39 Å². The number of hydrogen-bond acceptors (Lipinski definition) is 2. The molecule has 0 aliphatic rings. The zero-order chi connectivity index (χ0) is 12.4. The first kappa shape index (κ1) is 12.0. The predicted molar refractivity (Wildman–Crippen MR) is 64.6 cm³/mol. The highest BCUT2D eigenvalue weighted by atomic mass is 35.5. The molecule has 0 fully saturated rings. The van der Waals surface area contributed by atoms with Crippen LogP contribution in [0.25, 0.3) is 0 Å². The number of nitrogens with zero attached hydrogens (tertiary/aromatic N) is 3. The molecule has 0 saturated heterocycles. The van der Waals surface area contributed by atoms with E-state index in [4.69, 9.17) is 11.6 Å². The zero-order valence-corrected chi connectivity index (χ0v) is 10.4. The highest BCUT2D eigenvalue weighted by Crippen LogP contribution is 2.18. The van der Waals surface area contributed by atoms with Gasteiger partial charge in [0.15, 0.2) is 0 Å². The minimum Gasteiger partial charge on any atom is -0.297 e. The number of benzene rings is 1. The van der Waals surface area contributed by atoms with Crippen LogP contribution >= 0.6 is 11.6 Å². The predicted octanol–water partition coefficient (Wildman–Crippen LogP) is 3.24. The molecule has 0 spiro atoms. The Morgan fingerprint density at radius 1 is 1.35 bits per heavy atom. The Labute approximate surface area is 104 Å². The molecule has 2 aromatic rings. The molecular weight excluding hydrogens is 241 g/mol. The van der Waals surface area contributed by atoms with E-state index in [0.29, 0.717) is 11.8 Å². The average Bonchev–Trinajstić information content (AvgIpc) is 2.61. The summed E-state index contributed by atoms with van der Waals surface area (Å²) in [6, 6.07) is 6.43. The van der Waals surface area contributed by atoms with Gasteiger partial charge in [-0.2, -0.15) is 0 Å². The van der Waals surface area contributed by atoms with E-state index in [1.165, 1.54) is 12.1 Å². The Morgan fingerprint density at radius 2 is 2.12 bits per heavy atom. The average molecular weight is 254 g/mol. The van der Waals surface area contributed by atoms with Crippen molar-refractivity contribution in [3.05, 3.63) is 46.8 Å². The fourth-order valence-electron chi connectivity index (χ4n) is 1.69. The van der Waals surface area contributed by atoms with Crippen molar-refractivity contribution < 1.29 is 4.39 Å². The van der Waals surface area contributed by atoms with Crippen molar-refractivity contribution in [2.24, 2.45) is 0 Å². The van der Waals surface area contributed by atoms with E-state index in [0.717, 1.165) is 11.4 Å². The van der Waals surface area contributed by atoms with Gasteiger partial charge in [-0.05, 0) is 29.3 Å². The lowest BCUT2D eigenvalue weighted by Crippen LogP contribution is -2.07. The van der Waals surface area contributed by atoms with Crippen molar-refractivity contribution in [3.8, 4) is 0 Å². The molecule has 17 heavy (non-hydrogen) atoms. The summed E-state index contributed by atoms with van der Waals surface area (Å²) in [6.45, 7) is 4.52. The minimum absolute atomic E-state index is 0.226. The molecule has 3 nitrogen and oxygen atoms in total. The SMILES string of the molecule is CC(C)c1nnc(Cl)n1Cc1cccc(F)c1. The van der Waals surface area contributed by atoms with Gasteiger partial charge in [0.1, 0.15) is 11.6 Å². The van der Waals surface area contributed by atoms with E-state index < -0.39 is 0 Å². The van der Waals surface area contributed by atoms with Gasteiger partial charge in [-0.15, -0.1) is 10.2 Å². The topological polar surface area (TPSA) is 30.7 Å². The number of halogens is 2. The van der Waals surface area contributed by atoms with Crippen molar-refractivity contribution in [3.63, 3.8) is 0 Å². The first-order valence-corrected chi connectivity index (χ1v) is 5.78. The molecule has 5 heteroatoms. The second kappa shape index (κ2) is 4.84. The standard InChI is InChI=1S/C12H13ClFN3/c1-8(2)11-15-16-12(13)17(11)7-9-4-3-5-10(14)6-9/h3-6,8H,7H2,1-2H3.